The standard InChI is InChI=1S/C14H11F2NO5S/c1-7-5-8(14(19)20)13(18)11(6-7)23(21,22)17-12-9(15)3-2-4-10(12)16/h2-6,17-18H,1H3,(H,19,20). The summed E-state index contributed by atoms with van der Waals surface area (Å²) in [6.07, 6.45) is 0. The van der Waals surface area contributed by atoms with E-state index in [0.717, 1.165) is 30.3 Å². The van der Waals surface area contributed by atoms with Gasteiger partial charge in [0.2, 0.25) is 0 Å². The molecule has 23 heavy (non-hydrogen) atoms. The molecular weight excluding hydrogens is 332 g/mol. The van der Waals surface area contributed by atoms with Crippen LogP contribution in [0.15, 0.2) is 35.2 Å². The molecule has 6 nitrogen and oxygen atoms in total. The number of hydrogen-bond acceptors (Lipinski definition) is 4. The maximum Gasteiger partial charge on any atom is 0.339 e. The summed E-state index contributed by atoms with van der Waals surface area (Å²) in [6.45, 7) is 1.41. The van der Waals surface area contributed by atoms with Crippen LogP contribution in [0.2, 0.25) is 0 Å². The quantitative estimate of drug-likeness (QED) is 0.791. The van der Waals surface area contributed by atoms with Gasteiger partial charge < -0.3 is 10.2 Å². The lowest BCUT2D eigenvalue weighted by atomic mass is 10.1. The maximum atomic E-state index is 13.6. The van der Waals surface area contributed by atoms with Crippen LogP contribution in [0.25, 0.3) is 0 Å². The van der Waals surface area contributed by atoms with Crippen LogP contribution >= 0.6 is 0 Å². The maximum absolute atomic E-state index is 13.6. The van der Waals surface area contributed by atoms with Gasteiger partial charge in [-0.15, -0.1) is 0 Å². The van der Waals surface area contributed by atoms with Gasteiger partial charge in [0.05, 0.1) is 0 Å². The molecule has 0 fully saturated rings. The van der Waals surface area contributed by atoms with Gasteiger partial charge in [-0.05, 0) is 36.8 Å². The molecule has 0 radical (unpaired) electrons. The molecule has 0 saturated heterocycles. The van der Waals surface area contributed by atoms with Crippen molar-refractivity contribution in [2.24, 2.45) is 0 Å². The first-order valence-electron chi connectivity index (χ1n) is 6.17. The predicted octanol–water partition coefficient (Wildman–Crippen LogP) is 2.48. The largest absolute Gasteiger partial charge is 0.506 e. The molecule has 0 aromatic heterocycles. The lowest BCUT2D eigenvalue weighted by Gasteiger charge is -2.13. The van der Waals surface area contributed by atoms with E-state index < -0.39 is 49.5 Å². The normalized spacial score (nSPS) is 11.3. The molecule has 0 saturated carbocycles. The summed E-state index contributed by atoms with van der Waals surface area (Å²) in [5, 5.41) is 18.8. The number of hydrogen-bond donors (Lipinski definition) is 3. The second-order valence-electron chi connectivity index (χ2n) is 4.67. The lowest BCUT2D eigenvalue weighted by molar-refractivity contribution is 0.0693. The van der Waals surface area contributed by atoms with E-state index >= 15 is 0 Å². The third kappa shape index (κ3) is 3.24. The third-order valence-corrected chi connectivity index (χ3v) is 4.30. The number of carbonyl (C=O) groups is 1. The SMILES string of the molecule is Cc1cc(C(=O)O)c(O)c(S(=O)(=O)Nc2c(F)cccc2F)c1. The number of aryl methyl sites for hydroxylation is 1. The first-order valence-corrected chi connectivity index (χ1v) is 7.65. The molecule has 2 aromatic carbocycles. The van der Waals surface area contributed by atoms with Gasteiger partial charge in [-0.2, -0.15) is 0 Å². The molecular formula is C14H11F2NO5S. The summed E-state index contributed by atoms with van der Waals surface area (Å²) in [7, 11) is -4.61. The Morgan fingerprint density at radius 1 is 1.17 bits per heavy atom. The number of rotatable bonds is 4. The number of aromatic hydroxyl groups is 1. The molecule has 0 atom stereocenters. The van der Waals surface area contributed by atoms with Crippen LogP contribution in [-0.4, -0.2) is 24.6 Å². The highest BCUT2D eigenvalue weighted by atomic mass is 32.2. The fourth-order valence-corrected chi connectivity index (χ4v) is 3.18. The fourth-order valence-electron chi connectivity index (χ4n) is 1.90. The van der Waals surface area contributed by atoms with Crippen molar-refractivity contribution in [2.75, 3.05) is 4.72 Å². The topological polar surface area (TPSA) is 104 Å². The average molecular weight is 343 g/mol. The molecule has 0 bridgehead atoms. The van der Waals surface area contributed by atoms with Crippen LogP contribution in [0.5, 0.6) is 5.75 Å². The van der Waals surface area contributed by atoms with Gasteiger partial charge in [-0.1, -0.05) is 6.07 Å². The molecule has 0 heterocycles. The summed E-state index contributed by atoms with van der Waals surface area (Å²) in [5.74, 6) is -4.87. The molecule has 0 amide bonds. The Bertz CT molecular complexity index is 876. The Hall–Kier alpha value is -2.68. The number of carboxylic acid groups (broad SMARTS) is 1. The number of nitrogens with one attached hydrogen (secondary N) is 1. The zero-order valence-electron chi connectivity index (χ0n) is 11.7. The van der Waals surface area contributed by atoms with Gasteiger partial charge in [0.15, 0.2) is 5.75 Å². The van der Waals surface area contributed by atoms with Crippen molar-refractivity contribution >= 4 is 21.7 Å². The van der Waals surface area contributed by atoms with Gasteiger partial charge in [0.1, 0.15) is 27.8 Å². The van der Waals surface area contributed by atoms with Crippen LogP contribution < -0.4 is 4.72 Å². The van der Waals surface area contributed by atoms with Crippen molar-refractivity contribution in [2.45, 2.75) is 11.8 Å². The van der Waals surface area contributed by atoms with E-state index in [1.165, 1.54) is 6.92 Å². The van der Waals surface area contributed by atoms with Gasteiger partial charge in [0, 0.05) is 0 Å². The highest BCUT2D eigenvalue weighted by Gasteiger charge is 2.26. The number of benzene rings is 2. The predicted molar refractivity (Wildman–Crippen MR) is 77.0 cm³/mol. The summed E-state index contributed by atoms with van der Waals surface area (Å²) < 4.78 is 53.3. The van der Waals surface area contributed by atoms with Crippen LogP contribution in [0.4, 0.5) is 14.5 Å². The summed E-state index contributed by atoms with van der Waals surface area (Å²) in [4.78, 5) is 10.2. The Labute approximate surface area is 130 Å². The number of carboxylic acids is 1. The molecule has 0 aliphatic carbocycles. The van der Waals surface area contributed by atoms with E-state index in [0.29, 0.717) is 0 Å². The highest BCUT2D eigenvalue weighted by Crippen LogP contribution is 2.31. The molecule has 3 N–H and O–H groups in total. The summed E-state index contributed by atoms with van der Waals surface area (Å²) in [5.41, 5.74) is -1.33. The Balaban J connectivity index is 2.59. The summed E-state index contributed by atoms with van der Waals surface area (Å²) in [6, 6.07) is 4.80. The fraction of sp³-hybridized carbons (Fsp3) is 0.0714. The summed E-state index contributed by atoms with van der Waals surface area (Å²) >= 11 is 0. The first-order chi connectivity index (χ1) is 10.6. The van der Waals surface area contributed by atoms with E-state index in [-0.39, 0.29) is 5.56 Å². The van der Waals surface area contributed by atoms with Gasteiger partial charge in [0.25, 0.3) is 10.0 Å². The van der Waals surface area contributed by atoms with E-state index in [9.17, 15) is 27.1 Å². The Kier molecular flexibility index (Phi) is 4.24. The number of phenols is 1. The van der Waals surface area contributed by atoms with Crippen molar-refractivity contribution in [1.29, 1.82) is 0 Å². The van der Waals surface area contributed by atoms with Crippen molar-refractivity contribution in [3.63, 3.8) is 0 Å². The average Bonchev–Trinajstić information content (AvgIpc) is 2.45. The van der Waals surface area contributed by atoms with E-state index in [1.807, 2.05) is 0 Å². The molecule has 9 heteroatoms. The van der Waals surface area contributed by atoms with E-state index in [2.05, 4.69) is 0 Å². The number of aromatic carboxylic acids is 1. The molecule has 0 unspecified atom stereocenters. The van der Waals surface area contributed by atoms with Gasteiger partial charge in [-0.25, -0.2) is 22.0 Å². The molecule has 0 spiro atoms. The number of halogens is 2. The van der Waals surface area contributed by atoms with E-state index in [4.69, 9.17) is 5.11 Å². The molecule has 122 valence electrons. The lowest BCUT2D eigenvalue weighted by Crippen LogP contribution is -2.16. The van der Waals surface area contributed by atoms with Crippen molar-refractivity contribution in [3.05, 3.63) is 53.1 Å². The smallest absolute Gasteiger partial charge is 0.339 e. The molecule has 2 rings (SSSR count). The van der Waals surface area contributed by atoms with Gasteiger partial charge in [-0.3, -0.25) is 4.72 Å². The highest BCUT2D eigenvalue weighted by molar-refractivity contribution is 7.92. The zero-order valence-corrected chi connectivity index (χ0v) is 12.5. The Morgan fingerprint density at radius 2 is 1.74 bits per heavy atom. The van der Waals surface area contributed by atoms with Crippen molar-refractivity contribution < 1.29 is 32.2 Å². The second-order valence-corrected chi connectivity index (χ2v) is 6.32. The second kappa shape index (κ2) is 5.84. The minimum atomic E-state index is -4.61. The van der Waals surface area contributed by atoms with Crippen molar-refractivity contribution in [3.8, 4) is 5.75 Å². The number of anilines is 1. The third-order valence-electron chi connectivity index (χ3n) is 2.94. The molecule has 2 aromatic rings. The number of para-hydroxylation sites is 1. The van der Waals surface area contributed by atoms with E-state index in [1.54, 1.807) is 4.72 Å². The van der Waals surface area contributed by atoms with Crippen LogP contribution in [-0.2, 0) is 10.0 Å². The van der Waals surface area contributed by atoms with Crippen LogP contribution in [0.1, 0.15) is 15.9 Å². The van der Waals surface area contributed by atoms with Crippen molar-refractivity contribution in [1.82, 2.24) is 0 Å². The zero-order chi connectivity index (χ0) is 17.4. The monoisotopic (exact) mass is 343 g/mol. The van der Waals surface area contributed by atoms with Gasteiger partial charge >= 0.3 is 5.97 Å². The first kappa shape index (κ1) is 16.7. The van der Waals surface area contributed by atoms with Crippen LogP contribution in [0, 0.1) is 18.6 Å². The molecule has 0 aliphatic heterocycles. The van der Waals surface area contributed by atoms with Crippen LogP contribution in [0.3, 0.4) is 0 Å². The minimum absolute atomic E-state index is 0.231. The number of sulfonamides is 1. The Morgan fingerprint density at radius 3 is 2.26 bits per heavy atom. The minimum Gasteiger partial charge on any atom is -0.506 e. The molecule has 0 aliphatic rings.